The summed E-state index contributed by atoms with van der Waals surface area (Å²) in [5, 5.41) is 4.34. The van der Waals surface area contributed by atoms with Crippen molar-refractivity contribution < 1.29 is 13.9 Å². The Morgan fingerprint density at radius 3 is 2.38 bits per heavy atom. The molecule has 0 atom stereocenters. The molecule has 3 rings (SSSR count). The van der Waals surface area contributed by atoms with E-state index in [1.165, 1.54) is 5.56 Å². The molecule has 0 unspecified atom stereocenters. The van der Waals surface area contributed by atoms with Crippen LogP contribution in [0.1, 0.15) is 22.3 Å². The summed E-state index contributed by atoms with van der Waals surface area (Å²) in [5.41, 5.74) is 4.51. The Labute approximate surface area is 152 Å². The molecular formula is C21H23NO4. The lowest BCUT2D eigenvalue weighted by Crippen LogP contribution is -2.15. The van der Waals surface area contributed by atoms with Crippen LogP contribution < -0.4 is 20.4 Å². The molecule has 0 aliphatic heterocycles. The van der Waals surface area contributed by atoms with E-state index in [1.807, 2.05) is 31.2 Å². The smallest absolute Gasteiger partial charge is 0.336 e. The molecule has 3 aromatic rings. The first-order valence-electron chi connectivity index (χ1n) is 8.47. The van der Waals surface area contributed by atoms with Gasteiger partial charge in [-0.15, -0.1) is 0 Å². The molecule has 0 bridgehead atoms. The van der Waals surface area contributed by atoms with Crippen LogP contribution in [0.15, 0.2) is 45.6 Å². The van der Waals surface area contributed by atoms with Crippen molar-refractivity contribution in [2.75, 3.05) is 14.2 Å². The summed E-state index contributed by atoms with van der Waals surface area (Å²) in [6.45, 7) is 5.23. The number of hydrogen-bond donors (Lipinski definition) is 1. The molecule has 136 valence electrons. The molecule has 2 aromatic carbocycles. The predicted molar refractivity (Wildman–Crippen MR) is 102 cm³/mol. The fraction of sp³-hybridized carbons (Fsp3) is 0.286. The number of fused-ring (bicyclic) bond motifs is 1. The molecule has 0 saturated heterocycles. The second-order valence-corrected chi connectivity index (χ2v) is 6.30. The van der Waals surface area contributed by atoms with E-state index in [0.717, 1.165) is 33.6 Å². The maximum atomic E-state index is 11.9. The van der Waals surface area contributed by atoms with Crippen LogP contribution in [0.5, 0.6) is 11.5 Å². The minimum atomic E-state index is -0.334. The first kappa shape index (κ1) is 18.0. The van der Waals surface area contributed by atoms with E-state index >= 15 is 0 Å². The molecule has 1 N–H and O–H groups in total. The maximum Gasteiger partial charge on any atom is 0.336 e. The molecule has 0 amide bonds. The number of nitrogens with one attached hydrogen (secondary N) is 1. The van der Waals surface area contributed by atoms with Crippen molar-refractivity contribution >= 4 is 11.0 Å². The van der Waals surface area contributed by atoms with Gasteiger partial charge in [-0.25, -0.2) is 4.79 Å². The Morgan fingerprint density at radius 2 is 1.65 bits per heavy atom. The number of rotatable bonds is 6. The van der Waals surface area contributed by atoms with Crippen molar-refractivity contribution in [2.24, 2.45) is 0 Å². The van der Waals surface area contributed by atoms with Crippen LogP contribution in [-0.2, 0) is 13.1 Å². The second kappa shape index (κ2) is 7.62. The highest BCUT2D eigenvalue weighted by atomic mass is 16.5. The summed E-state index contributed by atoms with van der Waals surface area (Å²) in [7, 11) is 3.27. The third-order valence-electron chi connectivity index (χ3n) is 4.57. The molecule has 5 heteroatoms. The first-order valence-corrected chi connectivity index (χ1v) is 8.47. The van der Waals surface area contributed by atoms with Crippen LogP contribution in [0.2, 0.25) is 0 Å². The lowest BCUT2D eigenvalue weighted by Gasteiger charge is -2.12. The Hall–Kier alpha value is -2.79. The molecule has 5 nitrogen and oxygen atoms in total. The minimum absolute atomic E-state index is 0.334. The lowest BCUT2D eigenvalue weighted by atomic mass is 10.0. The van der Waals surface area contributed by atoms with Crippen molar-refractivity contribution in [3.8, 4) is 11.5 Å². The molecule has 26 heavy (non-hydrogen) atoms. The number of benzene rings is 2. The molecular weight excluding hydrogens is 330 g/mol. The van der Waals surface area contributed by atoms with Crippen molar-refractivity contribution in [1.29, 1.82) is 0 Å². The molecule has 0 radical (unpaired) electrons. The number of hydrogen-bond acceptors (Lipinski definition) is 5. The Bertz CT molecular complexity index is 991. The topological polar surface area (TPSA) is 60.7 Å². The third-order valence-corrected chi connectivity index (χ3v) is 4.57. The standard InChI is InChI=1S/C21H23NO4/c1-13-7-18-16(9-21(23)26-20(18)8-14(13)2)12-22-11-15-5-6-17(24-3)10-19(15)25-4/h5-10,22H,11-12H2,1-4H3. The molecule has 1 aromatic heterocycles. The lowest BCUT2D eigenvalue weighted by molar-refractivity contribution is 0.390. The number of ether oxygens (including phenoxy) is 2. The number of methoxy groups -OCH3 is 2. The summed E-state index contributed by atoms with van der Waals surface area (Å²) in [5.74, 6) is 1.52. The van der Waals surface area contributed by atoms with Crippen molar-refractivity contribution in [1.82, 2.24) is 5.32 Å². The summed E-state index contributed by atoms with van der Waals surface area (Å²) >= 11 is 0. The normalized spacial score (nSPS) is 10.9. The summed E-state index contributed by atoms with van der Waals surface area (Å²) in [4.78, 5) is 11.9. The molecule has 0 aliphatic rings. The monoisotopic (exact) mass is 353 g/mol. The van der Waals surface area contributed by atoms with Gasteiger partial charge in [0.2, 0.25) is 0 Å². The summed E-state index contributed by atoms with van der Waals surface area (Å²) < 4.78 is 16.0. The van der Waals surface area contributed by atoms with Crippen LogP contribution in [0, 0.1) is 13.8 Å². The zero-order chi connectivity index (χ0) is 18.7. The molecule has 0 saturated carbocycles. The molecule has 0 spiro atoms. The van der Waals surface area contributed by atoms with E-state index in [4.69, 9.17) is 13.9 Å². The zero-order valence-electron chi connectivity index (χ0n) is 15.5. The Balaban J connectivity index is 1.82. The number of aryl methyl sites for hydroxylation is 2. The van der Waals surface area contributed by atoms with Gasteiger partial charge in [-0.2, -0.15) is 0 Å². The summed E-state index contributed by atoms with van der Waals surface area (Å²) in [6, 6.07) is 11.3. The average Bonchev–Trinajstić information content (AvgIpc) is 2.63. The highest BCUT2D eigenvalue weighted by Crippen LogP contribution is 2.25. The van der Waals surface area contributed by atoms with Crippen molar-refractivity contribution in [3.63, 3.8) is 0 Å². The predicted octanol–water partition coefficient (Wildman–Crippen LogP) is 3.72. The second-order valence-electron chi connectivity index (χ2n) is 6.30. The van der Waals surface area contributed by atoms with Crippen LogP contribution in [0.4, 0.5) is 0 Å². The average molecular weight is 353 g/mol. The molecule has 1 heterocycles. The first-order chi connectivity index (χ1) is 12.5. The SMILES string of the molecule is COc1ccc(CNCc2cc(=O)oc3cc(C)c(C)cc23)c(OC)c1. The highest BCUT2D eigenvalue weighted by Gasteiger charge is 2.09. The van der Waals surface area contributed by atoms with Crippen LogP contribution in [0.25, 0.3) is 11.0 Å². The highest BCUT2D eigenvalue weighted by molar-refractivity contribution is 5.81. The third kappa shape index (κ3) is 3.73. The van der Waals surface area contributed by atoms with Crippen LogP contribution in [-0.4, -0.2) is 14.2 Å². The van der Waals surface area contributed by atoms with Gasteiger partial charge in [-0.3, -0.25) is 0 Å². The maximum absolute atomic E-state index is 11.9. The van der Waals surface area contributed by atoms with Gasteiger partial charge in [0.15, 0.2) is 0 Å². The van der Waals surface area contributed by atoms with Crippen molar-refractivity contribution in [3.05, 3.63) is 69.1 Å². The van der Waals surface area contributed by atoms with Crippen molar-refractivity contribution in [2.45, 2.75) is 26.9 Å². The largest absolute Gasteiger partial charge is 0.497 e. The Morgan fingerprint density at radius 1 is 0.923 bits per heavy atom. The van der Waals surface area contributed by atoms with Gasteiger partial charge in [-0.1, -0.05) is 6.07 Å². The van der Waals surface area contributed by atoms with E-state index in [2.05, 4.69) is 18.3 Å². The van der Waals surface area contributed by atoms with E-state index < -0.39 is 0 Å². The van der Waals surface area contributed by atoms with Crippen LogP contribution in [0.3, 0.4) is 0 Å². The molecule has 0 aliphatic carbocycles. The fourth-order valence-corrected chi connectivity index (χ4v) is 2.96. The van der Waals surface area contributed by atoms with Gasteiger partial charge >= 0.3 is 5.63 Å². The van der Waals surface area contributed by atoms with Gasteiger partial charge in [-0.05, 0) is 48.7 Å². The van der Waals surface area contributed by atoms with E-state index in [0.29, 0.717) is 18.7 Å². The summed E-state index contributed by atoms with van der Waals surface area (Å²) in [6.07, 6.45) is 0. The minimum Gasteiger partial charge on any atom is -0.497 e. The van der Waals surface area contributed by atoms with Gasteiger partial charge in [0.25, 0.3) is 0 Å². The molecule has 0 fully saturated rings. The van der Waals surface area contributed by atoms with Gasteiger partial charge in [0.05, 0.1) is 14.2 Å². The van der Waals surface area contributed by atoms with Gasteiger partial charge in [0, 0.05) is 36.2 Å². The van der Waals surface area contributed by atoms with Gasteiger partial charge in [0.1, 0.15) is 17.1 Å². The zero-order valence-corrected chi connectivity index (χ0v) is 15.5. The van der Waals surface area contributed by atoms with Crippen LogP contribution >= 0.6 is 0 Å². The van der Waals surface area contributed by atoms with E-state index in [1.54, 1.807) is 20.3 Å². The van der Waals surface area contributed by atoms with E-state index in [9.17, 15) is 4.79 Å². The quantitative estimate of drug-likeness (QED) is 0.685. The van der Waals surface area contributed by atoms with E-state index in [-0.39, 0.29) is 5.63 Å². The fourth-order valence-electron chi connectivity index (χ4n) is 2.96. The Kier molecular flexibility index (Phi) is 5.28. The van der Waals surface area contributed by atoms with Gasteiger partial charge < -0.3 is 19.2 Å².